The molecule has 0 bridgehead atoms. The molecule has 0 saturated carbocycles. The maximum absolute atomic E-state index is 12.9. The average molecular weight is 443 g/mol. The van der Waals surface area contributed by atoms with E-state index in [4.69, 9.17) is 9.47 Å². The number of nitrogens with one attached hydrogen (secondary N) is 1. The number of methoxy groups -OCH3 is 1. The van der Waals surface area contributed by atoms with Crippen LogP contribution in [0.2, 0.25) is 0 Å². The number of hydrogen-bond donors (Lipinski definition) is 1. The highest BCUT2D eigenvalue weighted by Gasteiger charge is 2.19. The van der Waals surface area contributed by atoms with Gasteiger partial charge in [-0.25, -0.2) is 0 Å². The quantitative estimate of drug-likeness (QED) is 0.579. The molecular formula is C27H26N2O4. The standard InChI is InChI=1S/C27H26N2O4/c1-32-25-9-5-8-23(18-25)28-26(30)19-33-24-12-10-22(11-13-24)27(31)29-16-14-21(15-17-29)20-6-3-2-4-7-20/h2-14,18H,15-17,19H2,1H3,(H,28,30). The Labute approximate surface area is 193 Å². The lowest BCUT2D eigenvalue weighted by molar-refractivity contribution is -0.118. The normalized spacial score (nSPS) is 13.1. The molecule has 0 radical (unpaired) electrons. The Hall–Kier alpha value is -4.06. The molecule has 1 heterocycles. The van der Waals surface area contributed by atoms with Crippen molar-refractivity contribution in [2.45, 2.75) is 6.42 Å². The third-order valence-electron chi connectivity index (χ3n) is 5.47. The third-order valence-corrected chi connectivity index (χ3v) is 5.47. The Bertz CT molecular complexity index is 1140. The van der Waals surface area contributed by atoms with Gasteiger partial charge in [-0.2, -0.15) is 0 Å². The molecule has 0 fully saturated rings. The summed E-state index contributed by atoms with van der Waals surface area (Å²) in [5, 5.41) is 2.76. The minimum atomic E-state index is -0.280. The fourth-order valence-electron chi connectivity index (χ4n) is 3.69. The van der Waals surface area contributed by atoms with Crippen molar-refractivity contribution < 1.29 is 19.1 Å². The van der Waals surface area contributed by atoms with Crippen molar-refractivity contribution in [1.82, 2.24) is 4.90 Å². The molecule has 3 aromatic rings. The Morgan fingerprint density at radius 3 is 2.42 bits per heavy atom. The maximum Gasteiger partial charge on any atom is 0.262 e. The molecule has 33 heavy (non-hydrogen) atoms. The molecule has 6 nitrogen and oxygen atoms in total. The van der Waals surface area contributed by atoms with Crippen molar-refractivity contribution in [2.24, 2.45) is 0 Å². The van der Waals surface area contributed by atoms with Gasteiger partial charge in [0.1, 0.15) is 11.5 Å². The molecule has 3 aromatic carbocycles. The first kappa shape index (κ1) is 22.1. The van der Waals surface area contributed by atoms with E-state index in [1.165, 1.54) is 11.1 Å². The Kier molecular flexibility index (Phi) is 7.05. The Morgan fingerprint density at radius 1 is 0.939 bits per heavy atom. The highest BCUT2D eigenvalue weighted by Crippen LogP contribution is 2.23. The van der Waals surface area contributed by atoms with E-state index in [-0.39, 0.29) is 18.4 Å². The van der Waals surface area contributed by atoms with Crippen LogP contribution >= 0.6 is 0 Å². The minimum absolute atomic E-state index is 0.0133. The van der Waals surface area contributed by atoms with E-state index in [1.54, 1.807) is 55.6 Å². The van der Waals surface area contributed by atoms with Crippen LogP contribution in [0.4, 0.5) is 5.69 Å². The second-order valence-electron chi connectivity index (χ2n) is 7.69. The zero-order chi connectivity index (χ0) is 23.0. The first-order chi connectivity index (χ1) is 16.1. The van der Waals surface area contributed by atoms with Crippen LogP contribution in [0.15, 0.2) is 84.9 Å². The molecule has 6 heteroatoms. The van der Waals surface area contributed by atoms with Crippen LogP contribution in [-0.2, 0) is 4.79 Å². The Balaban J connectivity index is 1.28. The topological polar surface area (TPSA) is 67.9 Å². The predicted molar refractivity (Wildman–Crippen MR) is 129 cm³/mol. The fraction of sp³-hybridized carbons (Fsp3) is 0.185. The van der Waals surface area contributed by atoms with Crippen LogP contribution in [0.25, 0.3) is 5.57 Å². The number of benzene rings is 3. The zero-order valence-corrected chi connectivity index (χ0v) is 18.5. The first-order valence-electron chi connectivity index (χ1n) is 10.8. The average Bonchev–Trinajstić information content (AvgIpc) is 2.88. The van der Waals surface area contributed by atoms with Crippen LogP contribution in [0.1, 0.15) is 22.3 Å². The van der Waals surface area contributed by atoms with Crippen molar-refractivity contribution in [3.63, 3.8) is 0 Å². The summed E-state index contributed by atoms with van der Waals surface area (Å²) in [4.78, 5) is 26.8. The van der Waals surface area contributed by atoms with E-state index in [9.17, 15) is 9.59 Å². The van der Waals surface area contributed by atoms with Gasteiger partial charge in [-0.1, -0.05) is 42.5 Å². The number of hydrogen-bond acceptors (Lipinski definition) is 4. The summed E-state index contributed by atoms with van der Waals surface area (Å²) in [5.74, 6) is 0.894. The number of anilines is 1. The lowest BCUT2D eigenvalue weighted by Crippen LogP contribution is -2.34. The van der Waals surface area contributed by atoms with Crippen molar-refractivity contribution in [2.75, 3.05) is 32.1 Å². The van der Waals surface area contributed by atoms with E-state index in [1.807, 2.05) is 23.1 Å². The lowest BCUT2D eigenvalue weighted by Gasteiger charge is -2.27. The van der Waals surface area contributed by atoms with Gasteiger partial charge < -0.3 is 19.7 Å². The first-order valence-corrected chi connectivity index (χ1v) is 10.8. The zero-order valence-electron chi connectivity index (χ0n) is 18.5. The number of nitrogens with zero attached hydrogens (tertiary/aromatic N) is 1. The number of amides is 2. The van der Waals surface area contributed by atoms with Crippen molar-refractivity contribution in [3.05, 3.63) is 96.1 Å². The lowest BCUT2D eigenvalue weighted by atomic mass is 9.99. The maximum atomic E-state index is 12.9. The molecule has 0 atom stereocenters. The summed E-state index contributed by atoms with van der Waals surface area (Å²) in [6.07, 6.45) is 2.95. The van der Waals surface area contributed by atoms with Crippen LogP contribution in [0.5, 0.6) is 11.5 Å². The van der Waals surface area contributed by atoms with E-state index in [0.29, 0.717) is 35.8 Å². The fourth-order valence-corrected chi connectivity index (χ4v) is 3.69. The van der Waals surface area contributed by atoms with Gasteiger partial charge in [0, 0.05) is 30.4 Å². The summed E-state index contributed by atoms with van der Waals surface area (Å²) in [6.45, 7) is 1.14. The number of rotatable bonds is 7. The molecule has 0 aliphatic carbocycles. The highest BCUT2D eigenvalue weighted by molar-refractivity contribution is 5.95. The summed E-state index contributed by atoms with van der Waals surface area (Å²) < 4.78 is 10.7. The molecule has 1 aliphatic rings. The largest absolute Gasteiger partial charge is 0.497 e. The van der Waals surface area contributed by atoms with Crippen LogP contribution in [0.3, 0.4) is 0 Å². The molecule has 4 rings (SSSR count). The van der Waals surface area contributed by atoms with E-state index < -0.39 is 0 Å². The van der Waals surface area contributed by atoms with E-state index >= 15 is 0 Å². The number of carbonyl (C=O) groups is 2. The van der Waals surface area contributed by atoms with Crippen LogP contribution < -0.4 is 14.8 Å². The predicted octanol–water partition coefficient (Wildman–Crippen LogP) is 4.64. The van der Waals surface area contributed by atoms with Gasteiger partial charge in [0.05, 0.1) is 7.11 Å². The van der Waals surface area contributed by atoms with Gasteiger partial charge in [0.25, 0.3) is 11.8 Å². The summed E-state index contributed by atoms with van der Waals surface area (Å²) in [7, 11) is 1.57. The van der Waals surface area contributed by atoms with Crippen molar-refractivity contribution in [3.8, 4) is 11.5 Å². The molecule has 0 unspecified atom stereocenters. The van der Waals surface area contributed by atoms with Gasteiger partial charge in [-0.05, 0) is 54.0 Å². The second kappa shape index (κ2) is 10.5. The van der Waals surface area contributed by atoms with Gasteiger partial charge in [0.2, 0.25) is 0 Å². The molecule has 0 saturated heterocycles. The van der Waals surface area contributed by atoms with Gasteiger partial charge >= 0.3 is 0 Å². The SMILES string of the molecule is COc1cccc(NC(=O)COc2ccc(C(=O)N3CC=C(c4ccccc4)CC3)cc2)c1. The van der Waals surface area contributed by atoms with Gasteiger partial charge in [-0.3, -0.25) is 9.59 Å². The Morgan fingerprint density at radius 2 is 1.73 bits per heavy atom. The third kappa shape index (κ3) is 5.80. The molecular weight excluding hydrogens is 416 g/mol. The molecule has 1 aliphatic heterocycles. The molecule has 1 N–H and O–H groups in total. The van der Waals surface area contributed by atoms with E-state index in [0.717, 1.165) is 6.42 Å². The van der Waals surface area contributed by atoms with Crippen molar-refractivity contribution in [1.29, 1.82) is 0 Å². The van der Waals surface area contributed by atoms with Crippen molar-refractivity contribution >= 4 is 23.1 Å². The second-order valence-corrected chi connectivity index (χ2v) is 7.69. The van der Waals surface area contributed by atoms with Crippen LogP contribution in [-0.4, -0.2) is 43.5 Å². The summed E-state index contributed by atoms with van der Waals surface area (Å²) >= 11 is 0. The van der Waals surface area contributed by atoms with E-state index in [2.05, 4.69) is 23.5 Å². The number of carbonyl (C=O) groups excluding carboxylic acids is 2. The van der Waals surface area contributed by atoms with Gasteiger partial charge in [-0.15, -0.1) is 0 Å². The smallest absolute Gasteiger partial charge is 0.262 e. The molecule has 0 spiro atoms. The highest BCUT2D eigenvalue weighted by atomic mass is 16.5. The molecule has 0 aromatic heterocycles. The molecule has 2 amide bonds. The summed E-state index contributed by atoms with van der Waals surface area (Å²) in [5.41, 5.74) is 3.71. The van der Waals surface area contributed by atoms with Gasteiger partial charge in [0.15, 0.2) is 6.61 Å². The monoisotopic (exact) mass is 442 g/mol. The van der Waals surface area contributed by atoms with Crippen LogP contribution in [0, 0.1) is 0 Å². The summed E-state index contributed by atoms with van der Waals surface area (Å²) in [6, 6.07) is 24.2. The number of ether oxygens (including phenoxy) is 2. The minimum Gasteiger partial charge on any atom is -0.497 e. The molecule has 168 valence electrons.